The molecular formula is C23H26ClFN6O4. The highest BCUT2D eigenvalue weighted by Gasteiger charge is 2.36. The summed E-state index contributed by atoms with van der Waals surface area (Å²) in [6.07, 6.45) is 3.01. The van der Waals surface area contributed by atoms with Crippen molar-refractivity contribution in [3.8, 4) is 5.75 Å². The molecule has 0 aliphatic carbocycles. The molecule has 3 aromatic rings. The fourth-order valence-corrected chi connectivity index (χ4v) is 3.86. The van der Waals surface area contributed by atoms with Crippen LogP contribution in [0.4, 0.5) is 10.1 Å². The van der Waals surface area contributed by atoms with Crippen molar-refractivity contribution in [3.63, 3.8) is 0 Å². The van der Waals surface area contributed by atoms with Crippen molar-refractivity contribution in [1.29, 1.82) is 0 Å². The number of carbonyl (C=O) groups excluding carboxylic acids is 2. The van der Waals surface area contributed by atoms with Crippen molar-refractivity contribution in [2.24, 2.45) is 0 Å². The highest BCUT2D eigenvalue weighted by atomic mass is 35.5. The topological polar surface area (TPSA) is 121 Å². The first-order valence-corrected chi connectivity index (χ1v) is 11.0. The van der Waals surface area contributed by atoms with Gasteiger partial charge in [-0.3, -0.25) is 9.59 Å². The van der Waals surface area contributed by atoms with Crippen molar-refractivity contribution in [3.05, 3.63) is 53.5 Å². The number of carbonyl (C=O) groups is 2. The molecule has 4 heterocycles. The molecule has 0 saturated carbocycles. The summed E-state index contributed by atoms with van der Waals surface area (Å²) < 4.78 is 22.0. The Morgan fingerprint density at radius 1 is 1.40 bits per heavy atom. The summed E-state index contributed by atoms with van der Waals surface area (Å²) in [6, 6.07) is 4.99. The molecule has 2 aromatic heterocycles. The second-order valence-corrected chi connectivity index (χ2v) is 9.11. The zero-order chi connectivity index (χ0) is 24.0. The molecule has 35 heavy (non-hydrogen) atoms. The predicted octanol–water partition coefficient (Wildman–Crippen LogP) is 1.82. The Kier molecular flexibility index (Phi) is 6.67. The van der Waals surface area contributed by atoms with Crippen molar-refractivity contribution in [1.82, 2.24) is 24.8 Å². The maximum absolute atomic E-state index is 14.5. The molecule has 1 aromatic carbocycles. The van der Waals surface area contributed by atoms with E-state index in [-0.39, 0.29) is 37.5 Å². The lowest BCUT2D eigenvalue weighted by molar-refractivity contribution is -0.0159. The Balaban J connectivity index is 0.00000289. The van der Waals surface area contributed by atoms with Gasteiger partial charge in [0.05, 0.1) is 24.0 Å². The van der Waals surface area contributed by atoms with E-state index in [1.54, 1.807) is 30.6 Å². The Bertz CT molecular complexity index is 1270. The number of benzene rings is 1. The minimum absolute atomic E-state index is 0. The molecule has 0 spiro atoms. The van der Waals surface area contributed by atoms with Crippen LogP contribution in [0.5, 0.6) is 5.75 Å². The Labute approximate surface area is 206 Å². The highest BCUT2D eigenvalue weighted by Crippen LogP contribution is 2.35. The van der Waals surface area contributed by atoms with Crippen molar-refractivity contribution in [2.45, 2.75) is 38.3 Å². The van der Waals surface area contributed by atoms with Gasteiger partial charge in [0.15, 0.2) is 5.65 Å². The number of halogens is 2. The molecule has 2 aliphatic rings. The van der Waals surface area contributed by atoms with Gasteiger partial charge in [0.2, 0.25) is 0 Å². The third kappa shape index (κ3) is 4.79. The number of nitrogens with zero attached hydrogens (tertiary/aromatic N) is 4. The maximum Gasteiger partial charge on any atom is 0.261 e. The van der Waals surface area contributed by atoms with Crippen molar-refractivity contribution >= 4 is 35.6 Å². The molecule has 2 aliphatic heterocycles. The first kappa shape index (κ1) is 24.8. The summed E-state index contributed by atoms with van der Waals surface area (Å²) >= 11 is 0. The smallest absolute Gasteiger partial charge is 0.261 e. The van der Waals surface area contributed by atoms with Crippen LogP contribution in [0.1, 0.15) is 40.1 Å². The van der Waals surface area contributed by atoms with Gasteiger partial charge in [0.1, 0.15) is 23.6 Å². The van der Waals surface area contributed by atoms with Crippen molar-refractivity contribution < 1.29 is 23.8 Å². The van der Waals surface area contributed by atoms with Crippen molar-refractivity contribution in [2.75, 3.05) is 25.0 Å². The third-order valence-electron chi connectivity index (χ3n) is 6.04. The average molecular weight is 505 g/mol. The van der Waals surface area contributed by atoms with E-state index in [0.717, 1.165) is 0 Å². The Morgan fingerprint density at radius 3 is 2.86 bits per heavy atom. The number of aromatic nitrogens is 3. The van der Waals surface area contributed by atoms with Crippen LogP contribution in [0.25, 0.3) is 5.65 Å². The lowest BCUT2D eigenvalue weighted by Crippen LogP contribution is -2.50. The molecule has 1 atom stereocenters. The molecule has 1 fully saturated rings. The van der Waals surface area contributed by atoms with E-state index in [0.29, 0.717) is 46.9 Å². The van der Waals surface area contributed by atoms with E-state index in [1.807, 2.05) is 0 Å². The zero-order valence-electron chi connectivity index (χ0n) is 19.2. The number of hydrogen-bond donors (Lipinski definition) is 3. The lowest BCUT2D eigenvalue weighted by atomic mass is 10.0. The van der Waals surface area contributed by atoms with E-state index >= 15 is 0 Å². The summed E-state index contributed by atoms with van der Waals surface area (Å²) in [5.41, 5.74) is 0.567. The number of anilines is 1. The van der Waals surface area contributed by atoms with Gasteiger partial charge in [-0.05, 0) is 37.6 Å². The number of amides is 2. The number of ether oxygens (including phenoxy) is 1. The first-order chi connectivity index (χ1) is 16.2. The highest BCUT2D eigenvalue weighted by molar-refractivity contribution is 6.09. The molecule has 0 unspecified atom stereocenters. The van der Waals surface area contributed by atoms with Gasteiger partial charge in [-0.1, -0.05) is 0 Å². The van der Waals surface area contributed by atoms with Gasteiger partial charge in [-0.15, -0.1) is 12.4 Å². The summed E-state index contributed by atoms with van der Waals surface area (Å²) in [5.74, 6) is -0.405. The number of rotatable bonds is 7. The van der Waals surface area contributed by atoms with E-state index in [4.69, 9.17) is 4.74 Å². The summed E-state index contributed by atoms with van der Waals surface area (Å²) in [6.45, 7) is 3.96. The quantitative estimate of drug-likeness (QED) is 0.448. The van der Waals surface area contributed by atoms with Gasteiger partial charge < -0.3 is 25.4 Å². The molecule has 186 valence electrons. The SMILES string of the molecule is CC(C)(O)[C@H](F)CN1Cc2cc(NC(=O)c3cnn4cccnc34)c(OC3CNC3)cc2C1=O.Cl. The van der Waals surface area contributed by atoms with Crippen LogP contribution in [0, 0.1) is 0 Å². The minimum atomic E-state index is -1.61. The average Bonchev–Trinajstić information content (AvgIpc) is 3.31. The Hall–Kier alpha value is -3.28. The van der Waals surface area contributed by atoms with E-state index in [1.165, 1.54) is 29.5 Å². The standard InChI is InChI=1S/C23H25FN6O4.ClH/c1-23(2,33)19(24)12-29-11-13-6-17(18(7-15(13)22(29)32)34-14-8-25-9-14)28-21(31)16-10-27-30-5-3-4-26-20(16)30;/h3-7,10,14,19,25,33H,8-9,11-12H2,1-2H3,(H,28,31);1H/t19-;/m1./s1. The number of hydrogen-bond acceptors (Lipinski definition) is 7. The molecule has 10 nitrogen and oxygen atoms in total. The molecule has 5 rings (SSSR count). The third-order valence-corrected chi connectivity index (χ3v) is 6.04. The molecule has 2 amide bonds. The van der Waals surface area contributed by atoms with Gasteiger partial charge in [-0.25, -0.2) is 13.9 Å². The summed E-state index contributed by atoms with van der Waals surface area (Å²) in [5, 5.41) is 20.1. The van der Waals surface area contributed by atoms with Crippen LogP contribution in [0.3, 0.4) is 0 Å². The normalized spacial score (nSPS) is 16.5. The molecule has 0 radical (unpaired) electrons. The van der Waals surface area contributed by atoms with E-state index in [2.05, 4.69) is 20.7 Å². The number of aliphatic hydroxyl groups is 1. The Morgan fingerprint density at radius 2 is 2.17 bits per heavy atom. The van der Waals surface area contributed by atoms with Crippen LogP contribution in [0.2, 0.25) is 0 Å². The first-order valence-electron chi connectivity index (χ1n) is 11.0. The predicted molar refractivity (Wildman–Crippen MR) is 128 cm³/mol. The summed E-state index contributed by atoms with van der Waals surface area (Å²) in [7, 11) is 0. The second kappa shape index (κ2) is 9.40. The van der Waals surface area contributed by atoms with E-state index in [9.17, 15) is 19.1 Å². The monoisotopic (exact) mass is 504 g/mol. The van der Waals surface area contributed by atoms with Crippen LogP contribution in [-0.4, -0.2) is 73.9 Å². The van der Waals surface area contributed by atoms with Crippen LogP contribution < -0.4 is 15.4 Å². The van der Waals surface area contributed by atoms with Crippen LogP contribution in [0.15, 0.2) is 36.8 Å². The number of alkyl halides is 1. The van der Waals surface area contributed by atoms with Crippen LogP contribution in [-0.2, 0) is 6.54 Å². The van der Waals surface area contributed by atoms with E-state index < -0.39 is 17.7 Å². The molecular weight excluding hydrogens is 479 g/mol. The zero-order valence-corrected chi connectivity index (χ0v) is 20.0. The van der Waals surface area contributed by atoms with Gasteiger partial charge in [0.25, 0.3) is 11.8 Å². The lowest BCUT2D eigenvalue weighted by Gasteiger charge is -2.29. The fourth-order valence-electron chi connectivity index (χ4n) is 3.86. The minimum Gasteiger partial charge on any atom is -0.486 e. The van der Waals surface area contributed by atoms with Crippen LogP contribution >= 0.6 is 12.4 Å². The van der Waals surface area contributed by atoms with Gasteiger partial charge >= 0.3 is 0 Å². The second-order valence-electron chi connectivity index (χ2n) is 9.11. The maximum atomic E-state index is 14.5. The van der Waals surface area contributed by atoms with Gasteiger partial charge in [-0.2, -0.15) is 5.10 Å². The molecule has 3 N–H and O–H groups in total. The fraction of sp³-hybridized carbons (Fsp3) is 0.391. The largest absolute Gasteiger partial charge is 0.486 e. The molecule has 12 heteroatoms. The molecule has 0 bridgehead atoms. The number of fused-ring (bicyclic) bond motifs is 2. The number of nitrogens with one attached hydrogen (secondary N) is 2. The molecule has 1 saturated heterocycles. The van der Waals surface area contributed by atoms with Gasteiger partial charge in [0, 0.05) is 37.6 Å². The summed E-state index contributed by atoms with van der Waals surface area (Å²) in [4.78, 5) is 31.6.